The Kier molecular flexibility index (Phi) is 6.55. The Bertz CT molecular complexity index is 1230. The maximum atomic E-state index is 12.8. The number of ketones is 1. The normalized spacial score (nSPS) is 41.4. The van der Waals surface area contributed by atoms with Gasteiger partial charge in [0.15, 0.2) is 5.76 Å². The predicted molar refractivity (Wildman–Crippen MR) is 151 cm³/mol. The molecule has 0 aromatic heterocycles. The molecular weight excluding hydrogens is 492 g/mol. The number of aliphatic hydroxyl groups is 3. The lowest BCUT2D eigenvalue weighted by Crippen LogP contribution is -2.65. The van der Waals surface area contributed by atoms with Crippen LogP contribution >= 0.6 is 0 Å². The van der Waals surface area contributed by atoms with Crippen LogP contribution in [-0.4, -0.2) is 51.9 Å². The van der Waals surface area contributed by atoms with Crippen LogP contribution in [-0.2, 0) is 4.79 Å². The van der Waals surface area contributed by atoms with Crippen molar-refractivity contribution in [1.82, 2.24) is 10.6 Å². The number of nitrogens with one attached hydrogen (secondary N) is 2. The van der Waals surface area contributed by atoms with Gasteiger partial charge in [0.25, 0.3) is 0 Å². The minimum Gasteiger partial charge on any atom is -0.504 e. The van der Waals surface area contributed by atoms with E-state index in [-0.39, 0.29) is 52.4 Å². The summed E-state index contributed by atoms with van der Waals surface area (Å²) in [5.41, 5.74) is 3.55. The van der Waals surface area contributed by atoms with Crippen LogP contribution in [0, 0.1) is 27.6 Å². The SMILES string of the molecule is CC1=C(O)C(=O)C=C2C1=CC=C1[C@@]2(C)CC[C@@]2(C)[C@@H]3C[C@](C)(NC(=O)NC(CO)CO)CC[C@]3(C)CC[C@]12C. The Hall–Kier alpha value is -2.38. The van der Waals surface area contributed by atoms with Crippen molar-refractivity contribution in [3.05, 3.63) is 46.3 Å². The first-order chi connectivity index (χ1) is 18.2. The van der Waals surface area contributed by atoms with Crippen molar-refractivity contribution in [1.29, 1.82) is 0 Å². The molecule has 0 spiro atoms. The summed E-state index contributed by atoms with van der Waals surface area (Å²) in [6.45, 7) is 13.0. The minimum atomic E-state index is -0.675. The Labute approximate surface area is 232 Å². The molecule has 5 aliphatic rings. The second-order valence-corrected chi connectivity index (χ2v) is 14.3. The van der Waals surface area contributed by atoms with Crippen LogP contribution in [0.25, 0.3) is 0 Å². The number of carbonyl (C=O) groups excluding carboxylic acids is 2. The van der Waals surface area contributed by atoms with Crippen molar-refractivity contribution >= 4 is 11.8 Å². The van der Waals surface area contributed by atoms with E-state index in [4.69, 9.17) is 0 Å². The first-order valence-corrected chi connectivity index (χ1v) is 14.6. The summed E-state index contributed by atoms with van der Waals surface area (Å²) in [4.78, 5) is 25.5. The molecule has 0 aliphatic heterocycles. The van der Waals surface area contributed by atoms with E-state index in [0.29, 0.717) is 11.5 Å². The third kappa shape index (κ3) is 3.98. The zero-order valence-corrected chi connectivity index (χ0v) is 24.4. The quantitative estimate of drug-likeness (QED) is 0.344. The lowest BCUT2D eigenvalue weighted by atomic mass is 9.35. The Morgan fingerprint density at radius 3 is 2.33 bits per heavy atom. The number of allylic oxidation sites excluding steroid dienone is 7. The molecule has 0 saturated heterocycles. The van der Waals surface area contributed by atoms with Gasteiger partial charge in [-0.25, -0.2) is 4.79 Å². The van der Waals surface area contributed by atoms with Crippen molar-refractivity contribution in [3.63, 3.8) is 0 Å². The highest BCUT2D eigenvalue weighted by atomic mass is 16.3. The van der Waals surface area contributed by atoms with Gasteiger partial charge < -0.3 is 26.0 Å². The largest absolute Gasteiger partial charge is 0.504 e. The van der Waals surface area contributed by atoms with E-state index in [2.05, 4.69) is 57.4 Å². The molecule has 0 radical (unpaired) electrons. The summed E-state index contributed by atoms with van der Waals surface area (Å²) in [5.74, 6) is -0.0558. The van der Waals surface area contributed by atoms with E-state index >= 15 is 0 Å². The van der Waals surface area contributed by atoms with Crippen molar-refractivity contribution < 1.29 is 24.9 Å². The van der Waals surface area contributed by atoms with E-state index in [0.717, 1.165) is 56.1 Å². The molecule has 0 aromatic carbocycles. The third-order valence-electron chi connectivity index (χ3n) is 12.1. The number of hydrogen-bond acceptors (Lipinski definition) is 5. The number of urea groups is 1. The molecule has 5 rings (SSSR count). The van der Waals surface area contributed by atoms with Crippen LogP contribution in [0.2, 0.25) is 0 Å². The Balaban J connectivity index is 1.50. The van der Waals surface area contributed by atoms with Crippen molar-refractivity contribution in [2.24, 2.45) is 27.6 Å². The second-order valence-electron chi connectivity index (χ2n) is 14.3. The average molecular weight is 539 g/mol. The zero-order valence-electron chi connectivity index (χ0n) is 24.4. The Morgan fingerprint density at radius 2 is 1.67 bits per heavy atom. The van der Waals surface area contributed by atoms with Crippen LogP contribution in [0.1, 0.15) is 86.5 Å². The van der Waals surface area contributed by atoms with Gasteiger partial charge in [-0.15, -0.1) is 0 Å². The molecule has 3 saturated carbocycles. The molecule has 0 heterocycles. The number of hydrogen-bond donors (Lipinski definition) is 5. The second kappa shape index (κ2) is 9.07. The standard InChI is InChI=1S/C32H46N2O5/c1-19-21-7-8-24-30(4,22(21)15-23(37)26(19)38)12-14-32(6)25-16-29(3,34-27(39)33-20(17-35)18-36)11-9-28(25,2)10-13-31(24,32)5/h7-8,15,20,25,35-36,38H,9-14,16-18H2,1-6H3,(H2,33,34,39)/t25-,28-,29-,30+,31-,32+/m1/s1. The van der Waals surface area contributed by atoms with Crippen molar-refractivity contribution in [2.45, 2.75) is 98.1 Å². The maximum absolute atomic E-state index is 12.8. The van der Waals surface area contributed by atoms with Crippen LogP contribution in [0.15, 0.2) is 46.3 Å². The molecule has 39 heavy (non-hydrogen) atoms. The van der Waals surface area contributed by atoms with Gasteiger partial charge in [-0.3, -0.25) is 4.79 Å². The summed E-state index contributed by atoms with van der Waals surface area (Å²) in [6, 6.07) is -1.02. The fourth-order valence-electron chi connectivity index (χ4n) is 9.21. The molecule has 7 heteroatoms. The number of fused-ring (bicyclic) bond motifs is 7. The van der Waals surface area contributed by atoms with Crippen LogP contribution in [0.5, 0.6) is 0 Å². The number of amides is 2. The van der Waals surface area contributed by atoms with Crippen molar-refractivity contribution in [2.75, 3.05) is 13.2 Å². The average Bonchev–Trinajstić information content (AvgIpc) is 2.89. The first kappa shape index (κ1) is 28.2. The molecule has 7 nitrogen and oxygen atoms in total. The number of rotatable bonds is 4. The molecule has 3 fully saturated rings. The highest BCUT2D eigenvalue weighted by molar-refractivity contribution is 6.06. The van der Waals surface area contributed by atoms with Gasteiger partial charge in [0, 0.05) is 16.5 Å². The lowest BCUT2D eigenvalue weighted by molar-refractivity contribution is -0.152. The van der Waals surface area contributed by atoms with Gasteiger partial charge in [-0.2, -0.15) is 0 Å². The summed E-state index contributed by atoms with van der Waals surface area (Å²) in [6.07, 6.45) is 13.0. The summed E-state index contributed by atoms with van der Waals surface area (Å²) >= 11 is 0. The molecule has 5 aliphatic carbocycles. The predicted octanol–water partition coefficient (Wildman–Crippen LogP) is 5.02. The fourth-order valence-corrected chi connectivity index (χ4v) is 9.21. The summed E-state index contributed by atoms with van der Waals surface area (Å²) in [5, 5.41) is 35.1. The molecular formula is C32H46N2O5. The molecule has 0 aromatic rings. The van der Waals surface area contributed by atoms with Gasteiger partial charge >= 0.3 is 6.03 Å². The topological polar surface area (TPSA) is 119 Å². The molecule has 5 N–H and O–H groups in total. The monoisotopic (exact) mass is 538 g/mol. The van der Waals surface area contributed by atoms with Gasteiger partial charge in [-0.05, 0) is 98.2 Å². The van der Waals surface area contributed by atoms with E-state index in [1.807, 2.05) is 6.92 Å². The smallest absolute Gasteiger partial charge is 0.315 e. The number of aliphatic hydroxyl groups excluding tert-OH is 3. The number of carbonyl (C=O) groups is 2. The van der Waals surface area contributed by atoms with Crippen LogP contribution < -0.4 is 10.6 Å². The van der Waals surface area contributed by atoms with Crippen LogP contribution in [0.3, 0.4) is 0 Å². The molecule has 6 atom stereocenters. The van der Waals surface area contributed by atoms with Gasteiger partial charge in [0.2, 0.25) is 5.78 Å². The summed E-state index contributed by atoms with van der Waals surface area (Å²) in [7, 11) is 0. The first-order valence-electron chi connectivity index (χ1n) is 14.6. The molecule has 214 valence electrons. The van der Waals surface area contributed by atoms with Crippen molar-refractivity contribution in [3.8, 4) is 0 Å². The van der Waals surface area contributed by atoms with E-state index in [9.17, 15) is 24.9 Å². The lowest BCUT2D eigenvalue weighted by Gasteiger charge is -2.70. The van der Waals surface area contributed by atoms with Crippen LogP contribution in [0.4, 0.5) is 4.79 Å². The molecule has 2 amide bonds. The fraction of sp³-hybridized carbons (Fsp3) is 0.688. The maximum Gasteiger partial charge on any atom is 0.315 e. The van der Waals surface area contributed by atoms with E-state index in [1.165, 1.54) is 5.57 Å². The van der Waals surface area contributed by atoms with Gasteiger partial charge in [0.05, 0.1) is 19.3 Å². The van der Waals surface area contributed by atoms with Gasteiger partial charge in [0.1, 0.15) is 0 Å². The van der Waals surface area contributed by atoms with E-state index in [1.54, 1.807) is 6.08 Å². The van der Waals surface area contributed by atoms with Gasteiger partial charge in [-0.1, -0.05) is 45.4 Å². The highest BCUT2D eigenvalue weighted by Gasteiger charge is 2.66. The third-order valence-corrected chi connectivity index (χ3v) is 12.1. The highest BCUT2D eigenvalue weighted by Crippen LogP contribution is 2.75. The summed E-state index contributed by atoms with van der Waals surface area (Å²) < 4.78 is 0. The molecule has 0 unspecified atom stereocenters. The zero-order chi connectivity index (χ0) is 28.6. The van der Waals surface area contributed by atoms with E-state index < -0.39 is 11.6 Å². The minimum absolute atomic E-state index is 0.00150. The Morgan fingerprint density at radius 1 is 1.00 bits per heavy atom. The molecule has 0 bridgehead atoms.